The number of aldehydes is 1. The molecule has 2 amide bonds. The molecule has 0 aliphatic carbocycles. The number of amides is 2. The van der Waals surface area contributed by atoms with Gasteiger partial charge in [-0.15, -0.1) is 11.3 Å². The highest BCUT2D eigenvalue weighted by Gasteiger charge is 2.32. The minimum atomic E-state index is -0.447. The number of nitrogens with one attached hydrogen (secondary N) is 1. The molecular weight excluding hydrogens is 430 g/mol. The Morgan fingerprint density at radius 1 is 1.37 bits per heavy atom. The van der Waals surface area contributed by atoms with Crippen molar-refractivity contribution in [2.24, 2.45) is 0 Å². The van der Waals surface area contributed by atoms with Crippen molar-refractivity contribution in [2.75, 3.05) is 49.7 Å². The number of hydrogen-bond donors (Lipinski definition) is 1. The van der Waals surface area contributed by atoms with Gasteiger partial charge in [-0.25, -0.2) is 4.79 Å². The molecule has 1 aromatic heterocycles. The maximum absolute atomic E-state index is 12.2. The first-order valence-corrected chi connectivity index (χ1v) is 10.5. The Labute approximate surface area is 183 Å². The van der Waals surface area contributed by atoms with Crippen molar-refractivity contribution in [3.63, 3.8) is 0 Å². The predicted molar refractivity (Wildman–Crippen MR) is 116 cm³/mol. The lowest BCUT2D eigenvalue weighted by atomic mass is 10.2. The number of carbonyl (C=O) groups excluding carboxylic acids is 3. The van der Waals surface area contributed by atoms with Gasteiger partial charge in [0.25, 0.3) is 5.91 Å². The van der Waals surface area contributed by atoms with Crippen LogP contribution >= 0.6 is 22.9 Å². The van der Waals surface area contributed by atoms with Crippen LogP contribution in [-0.4, -0.2) is 64.3 Å². The molecule has 0 saturated carbocycles. The third kappa shape index (κ3) is 5.71. The Bertz CT molecular complexity index is 889. The molecule has 8 nitrogen and oxygen atoms in total. The van der Waals surface area contributed by atoms with Gasteiger partial charge in [-0.1, -0.05) is 11.6 Å². The van der Waals surface area contributed by atoms with Gasteiger partial charge in [-0.05, 0) is 36.4 Å². The molecule has 3 rings (SSSR count). The van der Waals surface area contributed by atoms with Crippen LogP contribution in [0.25, 0.3) is 0 Å². The van der Waals surface area contributed by atoms with Crippen LogP contribution in [0.15, 0.2) is 36.4 Å². The first-order valence-electron chi connectivity index (χ1n) is 9.32. The van der Waals surface area contributed by atoms with Gasteiger partial charge in [-0.3, -0.25) is 9.69 Å². The van der Waals surface area contributed by atoms with Gasteiger partial charge >= 0.3 is 6.09 Å². The van der Waals surface area contributed by atoms with E-state index in [9.17, 15) is 14.4 Å². The second-order valence-electron chi connectivity index (χ2n) is 6.61. The van der Waals surface area contributed by atoms with E-state index in [0.717, 1.165) is 12.0 Å². The number of anilines is 2. The highest BCUT2D eigenvalue weighted by Crippen LogP contribution is 2.25. The average Bonchev–Trinajstić information content (AvgIpc) is 3.35. The zero-order chi connectivity index (χ0) is 21.5. The molecule has 1 fully saturated rings. The number of likely N-dealkylation sites (N-methyl/N-ethyl adjacent to an activating group) is 1. The van der Waals surface area contributed by atoms with Crippen LogP contribution in [0, 0.1) is 0 Å². The summed E-state index contributed by atoms with van der Waals surface area (Å²) in [5.41, 5.74) is 1.67. The van der Waals surface area contributed by atoms with Gasteiger partial charge in [0.1, 0.15) is 19.0 Å². The van der Waals surface area contributed by atoms with Crippen LogP contribution in [0.1, 0.15) is 9.67 Å². The summed E-state index contributed by atoms with van der Waals surface area (Å²) in [4.78, 5) is 38.7. The minimum absolute atomic E-state index is 0.0898. The van der Waals surface area contributed by atoms with E-state index in [4.69, 9.17) is 21.1 Å². The number of thiophene rings is 1. The highest BCUT2D eigenvalue weighted by molar-refractivity contribution is 7.18. The lowest BCUT2D eigenvalue weighted by molar-refractivity contribution is -0.111. The van der Waals surface area contributed by atoms with Gasteiger partial charge in [0, 0.05) is 25.0 Å². The molecule has 1 aliphatic rings. The van der Waals surface area contributed by atoms with E-state index < -0.39 is 12.2 Å². The molecule has 0 spiro atoms. The van der Waals surface area contributed by atoms with Crippen molar-refractivity contribution in [3.8, 4) is 0 Å². The fourth-order valence-electron chi connectivity index (χ4n) is 2.92. The van der Waals surface area contributed by atoms with Gasteiger partial charge in [0.05, 0.1) is 28.9 Å². The first kappa shape index (κ1) is 22.1. The van der Waals surface area contributed by atoms with E-state index in [1.54, 1.807) is 12.1 Å². The quantitative estimate of drug-likeness (QED) is 0.441. The van der Waals surface area contributed by atoms with Crippen LogP contribution in [-0.2, 0) is 14.3 Å². The second kappa shape index (κ2) is 10.4. The van der Waals surface area contributed by atoms with Gasteiger partial charge < -0.3 is 24.5 Å². The second-order valence-corrected chi connectivity index (χ2v) is 8.32. The summed E-state index contributed by atoms with van der Waals surface area (Å²) >= 11 is 7.04. The van der Waals surface area contributed by atoms with Gasteiger partial charge in [0.2, 0.25) is 0 Å². The topological polar surface area (TPSA) is 88.2 Å². The minimum Gasteiger partial charge on any atom is -0.442 e. The van der Waals surface area contributed by atoms with E-state index in [1.165, 1.54) is 16.2 Å². The molecule has 2 heterocycles. The maximum Gasteiger partial charge on any atom is 0.414 e. The maximum atomic E-state index is 12.2. The van der Waals surface area contributed by atoms with E-state index in [0.29, 0.717) is 34.6 Å². The number of benzene rings is 1. The summed E-state index contributed by atoms with van der Waals surface area (Å²) in [7, 11) is 1.92. The van der Waals surface area contributed by atoms with Gasteiger partial charge in [-0.2, -0.15) is 0 Å². The predicted octanol–water partition coefficient (Wildman–Crippen LogP) is 2.81. The molecular formula is C20H22ClN3O5S. The lowest BCUT2D eigenvalue weighted by Crippen LogP contribution is -2.34. The van der Waals surface area contributed by atoms with E-state index >= 15 is 0 Å². The zero-order valence-corrected chi connectivity index (χ0v) is 17.9. The molecule has 0 radical (unpaired) electrons. The number of carbonyl (C=O) groups is 3. The smallest absolute Gasteiger partial charge is 0.414 e. The van der Waals surface area contributed by atoms with Crippen LogP contribution in [0.4, 0.5) is 16.2 Å². The number of halogens is 1. The molecule has 2 aromatic rings. The molecule has 1 saturated heterocycles. The molecule has 1 aromatic carbocycles. The number of ether oxygens (including phenoxy) is 2. The van der Waals surface area contributed by atoms with Crippen LogP contribution in [0.2, 0.25) is 4.34 Å². The Hall–Kier alpha value is -2.62. The van der Waals surface area contributed by atoms with E-state index in [-0.39, 0.29) is 19.1 Å². The molecule has 1 aliphatic heterocycles. The third-order valence-electron chi connectivity index (χ3n) is 4.52. The van der Waals surface area contributed by atoms with Crippen LogP contribution < -0.4 is 15.1 Å². The van der Waals surface area contributed by atoms with Crippen molar-refractivity contribution in [1.29, 1.82) is 0 Å². The average molecular weight is 452 g/mol. The molecule has 10 heteroatoms. The van der Waals surface area contributed by atoms with Crippen molar-refractivity contribution >= 4 is 52.6 Å². The number of rotatable bonds is 10. The zero-order valence-electron chi connectivity index (χ0n) is 16.4. The standard InChI is InChI=1S/C20H22ClN3O5S/c1-23(8-10-28-11-9-25)14-2-4-15(5-3-14)24-13-16(29-20(24)27)12-22-19(26)17-6-7-18(21)30-17/h2-7,9,16H,8,10-13H2,1H3,(H,22,26). The van der Waals surface area contributed by atoms with E-state index in [1.807, 2.05) is 36.2 Å². The van der Waals surface area contributed by atoms with Crippen molar-refractivity contribution in [1.82, 2.24) is 5.32 Å². The summed E-state index contributed by atoms with van der Waals surface area (Å²) in [5, 5.41) is 2.77. The Morgan fingerprint density at radius 2 is 2.13 bits per heavy atom. The SMILES string of the molecule is CN(CCOCC=O)c1ccc(N2CC(CNC(=O)c3ccc(Cl)s3)OC2=O)cc1. The van der Waals surface area contributed by atoms with Crippen LogP contribution in [0.3, 0.4) is 0 Å². The largest absolute Gasteiger partial charge is 0.442 e. The highest BCUT2D eigenvalue weighted by atomic mass is 35.5. The molecule has 1 atom stereocenters. The fourth-order valence-corrected chi connectivity index (χ4v) is 3.88. The summed E-state index contributed by atoms with van der Waals surface area (Å²) in [5.74, 6) is -0.245. The van der Waals surface area contributed by atoms with Crippen LogP contribution in [0.5, 0.6) is 0 Å². The van der Waals surface area contributed by atoms with E-state index in [2.05, 4.69) is 5.32 Å². The summed E-state index contributed by atoms with van der Waals surface area (Å²) in [6.45, 7) is 1.74. The summed E-state index contributed by atoms with van der Waals surface area (Å²) < 4.78 is 11.1. The molecule has 1 N–H and O–H groups in total. The normalized spacial score (nSPS) is 15.7. The molecule has 0 bridgehead atoms. The molecule has 30 heavy (non-hydrogen) atoms. The number of hydrogen-bond acceptors (Lipinski definition) is 7. The molecule has 160 valence electrons. The Morgan fingerprint density at radius 3 is 2.80 bits per heavy atom. The lowest BCUT2D eigenvalue weighted by Gasteiger charge is -2.20. The number of cyclic esters (lactones) is 1. The Balaban J connectivity index is 1.50. The van der Waals surface area contributed by atoms with Gasteiger partial charge in [0.15, 0.2) is 0 Å². The first-order chi connectivity index (χ1) is 14.5. The summed E-state index contributed by atoms with van der Waals surface area (Å²) in [6.07, 6.45) is -0.161. The summed E-state index contributed by atoms with van der Waals surface area (Å²) in [6, 6.07) is 10.8. The monoisotopic (exact) mass is 451 g/mol. The fraction of sp³-hybridized carbons (Fsp3) is 0.350. The Kier molecular flexibility index (Phi) is 7.67. The molecule has 1 unspecified atom stereocenters. The van der Waals surface area contributed by atoms with Crippen molar-refractivity contribution < 1.29 is 23.9 Å². The van der Waals surface area contributed by atoms with Crippen molar-refractivity contribution in [2.45, 2.75) is 6.10 Å². The van der Waals surface area contributed by atoms with Crippen molar-refractivity contribution in [3.05, 3.63) is 45.6 Å². The number of nitrogens with zero attached hydrogens (tertiary/aromatic N) is 2. The third-order valence-corrected chi connectivity index (χ3v) is 5.75.